The fourth-order valence-corrected chi connectivity index (χ4v) is 2.58. The first kappa shape index (κ1) is 14.5. The molecule has 108 valence electrons. The van der Waals surface area contributed by atoms with Crippen molar-refractivity contribution in [3.8, 4) is 11.4 Å². The molecular weight excluding hydrogens is 276 g/mol. The lowest BCUT2D eigenvalue weighted by molar-refractivity contribution is 0.572. The lowest BCUT2D eigenvalue weighted by Gasteiger charge is -2.06. The van der Waals surface area contributed by atoms with Gasteiger partial charge < -0.3 is 5.73 Å². The summed E-state index contributed by atoms with van der Waals surface area (Å²) in [6.07, 6.45) is 1.54. The van der Waals surface area contributed by atoms with Crippen LogP contribution in [0.15, 0.2) is 30.6 Å². The van der Waals surface area contributed by atoms with E-state index in [1.54, 1.807) is 30.7 Å². The Kier molecular flexibility index (Phi) is 4.08. The highest BCUT2D eigenvalue weighted by molar-refractivity contribution is 7.91. The zero-order valence-corrected chi connectivity index (χ0v) is 12.3. The molecule has 20 heavy (non-hydrogen) atoms. The van der Waals surface area contributed by atoms with E-state index < -0.39 is 9.84 Å². The molecule has 6 nitrogen and oxygen atoms in total. The van der Waals surface area contributed by atoms with Crippen LogP contribution >= 0.6 is 0 Å². The number of nitrogens with two attached hydrogens (primary N) is 1. The van der Waals surface area contributed by atoms with Crippen LogP contribution in [0.4, 0.5) is 5.69 Å². The molecule has 1 aromatic carbocycles. The van der Waals surface area contributed by atoms with Crippen LogP contribution < -0.4 is 5.73 Å². The molecule has 0 bridgehead atoms. The molecule has 0 saturated carbocycles. The Morgan fingerprint density at radius 2 is 2.10 bits per heavy atom. The van der Waals surface area contributed by atoms with Gasteiger partial charge in [-0.1, -0.05) is 12.1 Å². The summed E-state index contributed by atoms with van der Waals surface area (Å²) in [5.74, 6) is 0.601. The van der Waals surface area contributed by atoms with Crippen LogP contribution in [0.1, 0.15) is 13.8 Å². The third-order valence-electron chi connectivity index (χ3n) is 3.00. The van der Waals surface area contributed by atoms with E-state index in [0.717, 1.165) is 5.56 Å². The monoisotopic (exact) mass is 294 g/mol. The number of rotatable bonds is 5. The molecule has 0 spiro atoms. The van der Waals surface area contributed by atoms with Crippen LogP contribution in [0.5, 0.6) is 0 Å². The molecule has 2 rings (SSSR count). The number of benzene rings is 1. The van der Waals surface area contributed by atoms with Gasteiger partial charge >= 0.3 is 0 Å². The second kappa shape index (κ2) is 5.62. The highest BCUT2D eigenvalue weighted by Gasteiger charge is 2.16. The summed E-state index contributed by atoms with van der Waals surface area (Å²) in [4.78, 5) is 4.17. The third kappa shape index (κ3) is 3.36. The first-order valence-electron chi connectivity index (χ1n) is 6.35. The van der Waals surface area contributed by atoms with Crippen LogP contribution in [0.2, 0.25) is 0 Å². The Morgan fingerprint density at radius 1 is 1.35 bits per heavy atom. The van der Waals surface area contributed by atoms with Crippen molar-refractivity contribution in [2.24, 2.45) is 0 Å². The van der Waals surface area contributed by atoms with Gasteiger partial charge in [-0.25, -0.2) is 13.4 Å². The molecule has 0 fully saturated rings. The van der Waals surface area contributed by atoms with Gasteiger partial charge in [0.05, 0.1) is 17.5 Å². The van der Waals surface area contributed by atoms with E-state index in [9.17, 15) is 8.42 Å². The first-order valence-corrected chi connectivity index (χ1v) is 8.07. The molecule has 0 atom stereocenters. The van der Waals surface area contributed by atoms with E-state index in [0.29, 0.717) is 18.1 Å². The Hall–Kier alpha value is -1.89. The van der Waals surface area contributed by atoms with E-state index in [2.05, 4.69) is 10.1 Å². The van der Waals surface area contributed by atoms with Gasteiger partial charge in [0, 0.05) is 11.3 Å². The second-order valence-corrected chi connectivity index (χ2v) is 7.55. The van der Waals surface area contributed by atoms with Crippen molar-refractivity contribution in [3.63, 3.8) is 0 Å². The summed E-state index contributed by atoms with van der Waals surface area (Å²) in [7, 11) is -3.07. The molecule has 0 aliphatic rings. The van der Waals surface area contributed by atoms with Gasteiger partial charge in [-0.3, -0.25) is 4.68 Å². The average molecular weight is 294 g/mol. The minimum absolute atomic E-state index is 0.0599. The molecule has 0 aliphatic heterocycles. The maximum Gasteiger partial charge on any atom is 0.181 e. The summed E-state index contributed by atoms with van der Waals surface area (Å²) in [5.41, 5.74) is 7.17. The van der Waals surface area contributed by atoms with Crippen LogP contribution in [-0.2, 0) is 16.4 Å². The minimum Gasteiger partial charge on any atom is -0.399 e. The SMILES string of the molecule is CC(C)S(=O)(=O)CCn1cnc(-c2cccc(N)c2)n1. The minimum atomic E-state index is -3.07. The molecule has 0 aliphatic carbocycles. The number of aromatic nitrogens is 3. The summed E-state index contributed by atoms with van der Waals surface area (Å²) in [5, 5.41) is 3.89. The average Bonchev–Trinajstić information content (AvgIpc) is 2.85. The van der Waals surface area contributed by atoms with Crippen molar-refractivity contribution in [2.45, 2.75) is 25.6 Å². The summed E-state index contributed by atoms with van der Waals surface area (Å²) in [6.45, 7) is 3.65. The Bertz CT molecular complexity index is 692. The van der Waals surface area contributed by atoms with Gasteiger partial charge in [0.2, 0.25) is 0 Å². The van der Waals surface area contributed by atoms with Gasteiger partial charge in [0.15, 0.2) is 15.7 Å². The zero-order valence-electron chi connectivity index (χ0n) is 11.5. The van der Waals surface area contributed by atoms with Crippen molar-refractivity contribution >= 4 is 15.5 Å². The molecule has 0 unspecified atom stereocenters. The fourth-order valence-electron chi connectivity index (χ4n) is 1.67. The van der Waals surface area contributed by atoms with Gasteiger partial charge in [-0.05, 0) is 26.0 Å². The van der Waals surface area contributed by atoms with Crippen molar-refractivity contribution in [2.75, 3.05) is 11.5 Å². The quantitative estimate of drug-likeness (QED) is 0.841. The highest BCUT2D eigenvalue weighted by Crippen LogP contribution is 2.16. The molecule has 2 aromatic rings. The van der Waals surface area contributed by atoms with E-state index in [4.69, 9.17) is 5.73 Å². The normalized spacial score (nSPS) is 11.9. The van der Waals surface area contributed by atoms with E-state index in [1.165, 1.54) is 6.33 Å². The van der Waals surface area contributed by atoms with Crippen LogP contribution in [0.3, 0.4) is 0 Å². The largest absolute Gasteiger partial charge is 0.399 e. The standard InChI is InChI=1S/C13H18N4O2S/c1-10(2)20(18,19)7-6-17-9-15-13(16-17)11-4-3-5-12(14)8-11/h3-5,8-10H,6-7,14H2,1-2H3. The van der Waals surface area contributed by atoms with Gasteiger partial charge in [0.1, 0.15) is 6.33 Å². The van der Waals surface area contributed by atoms with Crippen molar-refractivity contribution in [3.05, 3.63) is 30.6 Å². The third-order valence-corrected chi connectivity index (χ3v) is 5.19. The van der Waals surface area contributed by atoms with Crippen LogP contribution in [0, 0.1) is 0 Å². The molecular formula is C13H18N4O2S. The molecule has 1 heterocycles. The Balaban J connectivity index is 2.10. The fraction of sp³-hybridized carbons (Fsp3) is 0.385. The first-order chi connectivity index (χ1) is 9.38. The molecule has 0 saturated heterocycles. The van der Waals surface area contributed by atoms with Gasteiger partial charge in [-0.2, -0.15) is 5.10 Å². The predicted octanol–water partition coefficient (Wildman–Crippen LogP) is 1.35. The summed E-state index contributed by atoms with van der Waals surface area (Å²) < 4.78 is 25.0. The second-order valence-electron chi connectivity index (χ2n) is 4.87. The van der Waals surface area contributed by atoms with Crippen LogP contribution in [0.25, 0.3) is 11.4 Å². The Labute approximate surface area is 118 Å². The van der Waals surface area contributed by atoms with Gasteiger partial charge in [-0.15, -0.1) is 0 Å². The van der Waals surface area contributed by atoms with Crippen molar-refractivity contribution in [1.82, 2.24) is 14.8 Å². The van der Waals surface area contributed by atoms with Crippen molar-refractivity contribution < 1.29 is 8.42 Å². The zero-order chi connectivity index (χ0) is 14.8. The molecule has 1 aromatic heterocycles. The topological polar surface area (TPSA) is 90.9 Å². The highest BCUT2D eigenvalue weighted by atomic mass is 32.2. The summed E-state index contributed by atoms with van der Waals surface area (Å²) in [6, 6.07) is 7.26. The number of sulfone groups is 1. The molecule has 0 radical (unpaired) electrons. The smallest absolute Gasteiger partial charge is 0.181 e. The van der Waals surface area contributed by atoms with E-state index in [1.807, 2.05) is 12.1 Å². The molecule has 0 amide bonds. The predicted molar refractivity (Wildman–Crippen MR) is 78.8 cm³/mol. The van der Waals surface area contributed by atoms with Crippen molar-refractivity contribution in [1.29, 1.82) is 0 Å². The number of nitrogen functional groups attached to an aromatic ring is 1. The lowest BCUT2D eigenvalue weighted by atomic mass is 10.2. The molecule has 2 N–H and O–H groups in total. The van der Waals surface area contributed by atoms with Gasteiger partial charge in [0.25, 0.3) is 0 Å². The maximum atomic E-state index is 11.7. The molecule has 7 heteroatoms. The number of anilines is 1. The maximum absolute atomic E-state index is 11.7. The van der Waals surface area contributed by atoms with E-state index in [-0.39, 0.29) is 11.0 Å². The summed E-state index contributed by atoms with van der Waals surface area (Å²) >= 11 is 0. The van der Waals surface area contributed by atoms with Crippen LogP contribution in [-0.4, -0.2) is 34.2 Å². The number of nitrogens with zero attached hydrogens (tertiary/aromatic N) is 3. The number of aryl methyl sites for hydroxylation is 1. The number of hydrogen-bond acceptors (Lipinski definition) is 5. The number of hydrogen-bond donors (Lipinski definition) is 1. The lowest BCUT2D eigenvalue weighted by Crippen LogP contribution is -2.21. The Morgan fingerprint density at radius 3 is 2.75 bits per heavy atom. The van der Waals surface area contributed by atoms with E-state index >= 15 is 0 Å².